The zero-order chi connectivity index (χ0) is 17.8. The molecule has 1 aliphatic heterocycles. The molecular formula is C16H26N8O. The second-order valence-corrected chi connectivity index (χ2v) is 6.78. The average Bonchev–Trinajstić information content (AvgIpc) is 3.13. The van der Waals surface area contributed by atoms with Crippen molar-refractivity contribution in [3.05, 3.63) is 24.3 Å². The Morgan fingerprint density at radius 3 is 2.92 bits per heavy atom. The quantitative estimate of drug-likeness (QED) is 0.709. The third-order valence-corrected chi connectivity index (χ3v) is 4.25. The van der Waals surface area contributed by atoms with Gasteiger partial charge < -0.3 is 20.2 Å². The summed E-state index contributed by atoms with van der Waals surface area (Å²) < 4.78 is 1.70. The summed E-state index contributed by atoms with van der Waals surface area (Å²) in [7, 11) is 5.94. The highest BCUT2D eigenvalue weighted by Gasteiger charge is 2.32. The first kappa shape index (κ1) is 17.6. The van der Waals surface area contributed by atoms with E-state index < -0.39 is 0 Å². The molecule has 9 nitrogen and oxygen atoms in total. The predicted molar refractivity (Wildman–Crippen MR) is 95.5 cm³/mol. The average molecular weight is 346 g/mol. The summed E-state index contributed by atoms with van der Waals surface area (Å²) in [6.45, 7) is 2.21. The maximum atomic E-state index is 10.0. The summed E-state index contributed by atoms with van der Waals surface area (Å²) in [4.78, 5) is 13.0. The number of likely N-dealkylation sites (N-methyl/N-ethyl adjacent to an activating group) is 1. The van der Waals surface area contributed by atoms with Crippen molar-refractivity contribution in [2.45, 2.75) is 25.0 Å². The van der Waals surface area contributed by atoms with Crippen molar-refractivity contribution >= 4 is 11.6 Å². The summed E-state index contributed by atoms with van der Waals surface area (Å²) in [5.41, 5.74) is 0.943. The number of β-amino-alcohol motifs (C(OH)–C–C–N with tert-alkyl or cyclic N) is 1. The number of aliphatic hydroxyl groups is 1. The van der Waals surface area contributed by atoms with Crippen molar-refractivity contribution in [3.63, 3.8) is 0 Å². The van der Waals surface area contributed by atoms with Crippen molar-refractivity contribution in [3.8, 4) is 0 Å². The molecule has 136 valence electrons. The van der Waals surface area contributed by atoms with Crippen LogP contribution in [-0.4, -0.2) is 80.8 Å². The second kappa shape index (κ2) is 7.75. The molecule has 3 rings (SSSR count). The highest BCUT2D eigenvalue weighted by molar-refractivity contribution is 5.50. The SMILES string of the molecule is CN(C)C[C@H]1C[C@@H](O)CN1c1cc(NCCc2cn(C)nn2)ncn1. The van der Waals surface area contributed by atoms with E-state index in [9.17, 15) is 5.11 Å². The number of nitrogens with zero attached hydrogens (tertiary/aromatic N) is 7. The van der Waals surface area contributed by atoms with Gasteiger partial charge >= 0.3 is 0 Å². The van der Waals surface area contributed by atoms with Crippen molar-refractivity contribution in [1.82, 2.24) is 29.9 Å². The monoisotopic (exact) mass is 346 g/mol. The molecule has 25 heavy (non-hydrogen) atoms. The molecule has 0 unspecified atom stereocenters. The summed E-state index contributed by atoms with van der Waals surface area (Å²) >= 11 is 0. The normalized spacial score (nSPS) is 20.4. The Labute approximate surface area is 147 Å². The molecule has 1 fully saturated rings. The van der Waals surface area contributed by atoms with Gasteiger partial charge in [0.25, 0.3) is 0 Å². The Morgan fingerprint density at radius 1 is 1.36 bits per heavy atom. The molecular weight excluding hydrogens is 320 g/mol. The summed E-state index contributed by atoms with van der Waals surface area (Å²) in [5.74, 6) is 1.62. The maximum absolute atomic E-state index is 10.0. The molecule has 2 aromatic heterocycles. The van der Waals surface area contributed by atoms with Gasteiger partial charge in [0.15, 0.2) is 0 Å². The molecule has 0 aliphatic carbocycles. The van der Waals surface area contributed by atoms with Crippen LogP contribution in [0.3, 0.4) is 0 Å². The highest BCUT2D eigenvalue weighted by Crippen LogP contribution is 2.25. The Morgan fingerprint density at radius 2 is 2.20 bits per heavy atom. The molecule has 2 N–H and O–H groups in total. The first-order chi connectivity index (χ1) is 12.0. The zero-order valence-electron chi connectivity index (χ0n) is 15.0. The first-order valence-corrected chi connectivity index (χ1v) is 8.52. The molecule has 1 aliphatic rings. The van der Waals surface area contributed by atoms with Crippen LogP contribution in [0.5, 0.6) is 0 Å². The molecule has 2 aromatic rings. The first-order valence-electron chi connectivity index (χ1n) is 8.52. The van der Waals surface area contributed by atoms with E-state index in [1.807, 2.05) is 33.4 Å². The molecule has 0 radical (unpaired) electrons. The van der Waals surface area contributed by atoms with E-state index in [1.54, 1.807) is 11.0 Å². The number of rotatable bonds is 7. The van der Waals surface area contributed by atoms with E-state index in [0.29, 0.717) is 6.54 Å². The molecule has 2 atom stereocenters. The van der Waals surface area contributed by atoms with Gasteiger partial charge in [-0.1, -0.05) is 5.21 Å². The van der Waals surface area contributed by atoms with Gasteiger partial charge in [-0.15, -0.1) is 5.10 Å². The van der Waals surface area contributed by atoms with Gasteiger partial charge in [0.1, 0.15) is 18.0 Å². The molecule has 0 amide bonds. The third kappa shape index (κ3) is 4.64. The third-order valence-electron chi connectivity index (χ3n) is 4.25. The minimum absolute atomic E-state index is 0.257. The van der Waals surface area contributed by atoms with Crippen molar-refractivity contribution in [1.29, 1.82) is 0 Å². The standard InChI is InChI=1S/C16H26N8O/c1-22(2)9-13-6-14(25)10-24(13)16-7-15(18-11-19-16)17-5-4-12-8-23(3)21-20-12/h7-8,11,13-14,25H,4-6,9-10H2,1-3H3,(H,17,18,19)/t13-,14-/m1/s1. The number of nitrogens with one attached hydrogen (secondary N) is 1. The van der Waals surface area contributed by atoms with E-state index in [2.05, 4.69) is 35.4 Å². The topological polar surface area (TPSA) is 95.2 Å². The van der Waals surface area contributed by atoms with Crippen LogP contribution in [0.25, 0.3) is 0 Å². The van der Waals surface area contributed by atoms with Gasteiger partial charge in [0.05, 0.1) is 11.8 Å². The van der Waals surface area contributed by atoms with Crippen LogP contribution in [0.4, 0.5) is 11.6 Å². The van der Waals surface area contributed by atoms with Crippen molar-refractivity contribution < 1.29 is 5.11 Å². The Kier molecular flexibility index (Phi) is 5.44. The van der Waals surface area contributed by atoms with E-state index >= 15 is 0 Å². The van der Waals surface area contributed by atoms with Gasteiger partial charge in [-0.3, -0.25) is 4.68 Å². The van der Waals surface area contributed by atoms with Gasteiger partial charge in [0, 0.05) is 51.4 Å². The highest BCUT2D eigenvalue weighted by atomic mass is 16.3. The van der Waals surface area contributed by atoms with Crippen molar-refractivity contribution in [2.75, 3.05) is 43.9 Å². The van der Waals surface area contributed by atoms with E-state index in [0.717, 1.165) is 43.3 Å². The van der Waals surface area contributed by atoms with Crippen LogP contribution in [0, 0.1) is 0 Å². The van der Waals surface area contributed by atoms with Crippen LogP contribution in [-0.2, 0) is 13.5 Å². The van der Waals surface area contributed by atoms with Gasteiger partial charge in [-0.25, -0.2) is 9.97 Å². The molecule has 0 aromatic carbocycles. The lowest BCUT2D eigenvalue weighted by atomic mass is 10.2. The minimum atomic E-state index is -0.312. The molecule has 0 spiro atoms. The molecule has 9 heteroatoms. The predicted octanol–water partition coefficient (Wildman–Crippen LogP) is -0.239. The lowest BCUT2D eigenvalue weighted by Gasteiger charge is -2.27. The summed E-state index contributed by atoms with van der Waals surface area (Å²) in [6.07, 6.45) is 4.70. The Hall–Kier alpha value is -2.26. The largest absolute Gasteiger partial charge is 0.391 e. The molecule has 0 saturated carbocycles. The fraction of sp³-hybridized carbons (Fsp3) is 0.625. The van der Waals surface area contributed by atoms with Crippen LogP contribution in [0.15, 0.2) is 18.6 Å². The maximum Gasteiger partial charge on any atom is 0.134 e. The van der Waals surface area contributed by atoms with E-state index in [4.69, 9.17) is 0 Å². The van der Waals surface area contributed by atoms with Gasteiger partial charge in [-0.2, -0.15) is 0 Å². The fourth-order valence-electron chi connectivity index (χ4n) is 3.20. The number of aliphatic hydroxyl groups excluding tert-OH is 1. The second-order valence-electron chi connectivity index (χ2n) is 6.78. The lowest BCUT2D eigenvalue weighted by molar-refractivity contribution is 0.191. The fourth-order valence-corrected chi connectivity index (χ4v) is 3.20. The Bertz CT molecular complexity index is 688. The number of aromatic nitrogens is 5. The molecule has 3 heterocycles. The Balaban J connectivity index is 1.62. The molecule has 1 saturated heterocycles. The summed E-state index contributed by atoms with van der Waals surface area (Å²) in [5, 5.41) is 21.4. The zero-order valence-corrected chi connectivity index (χ0v) is 15.0. The van der Waals surface area contributed by atoms with Crippen LogP contribution >= 0.6 is 0 Å². The number of anilines is 2. The van der Waals surface area contributed by atoms with Crippen LogP contribution in [0.2, 0.25) is 0 Å². The number of hydrogen-bond acceptors (Lipinski definition) is 8. The van der Waals surface area contributed by atoms with Crippen LogP contribution < -0.4 is 10.2 Å². The number of aryl methyl sites for hydroxylation is 1. The number of hydrogen-bond donors (Lipinski definition) is 2. The van der Waals surface area contributed by atoms with Gasteiger partial charge in [-0.05, 0) is 20.5 Å². The van der Waals surface area contributed by atoms with Crippen molar-refractivity contribution in [2.24, 2.45) is 7.05 Å². The molecule has 0 bridgehead atoms. The smallest absolute Gasteiger partial charge is 0.134 e. The minimum Gasteiger partial charge on any atom is -0.391 e. The van der Waals surface area contributed by atoms with Crippen LogP contribution in [0.1, 0.15) is 12.1 Å². The lowest BCUT2D eigenvalue weighted by Crippen LogP contribution is -2.38. The van der Waals surface area contributed by atoms with E-state index in [1.165, 1.54) is 0 Å². The van der Waals surface area contributed by atoms with Gasteiger partial charge in [0.2, 0.25) is 0 Å². The van der Waals surface area contributed by atoms with E-state index in [-0.39, 0.29) is 12.1 Å². The summed E-state index contributed by atoms with van der Waals surface area (Å²) in [6, 6.07) is 2.20.